The number of benzene rings is 2. The molecule has 1 fully saturated rings. The van der Waals surface area contributed by atoms with Gasteiger partial charge in [-0.3, -0.25) is 9.59 Å². The van der Waals surface area contributed by atoms with Crippen molar-refractivity contribution in [2.75, 3.05) is 6.54 Å². The summed E-state index contributed by atoms with van der Waals surface area (Å²) in [6.07, 6.45) is 1.17. The Morgan fingerprint density at radius 2 is 1.58 bits per heavy atom. The third kappa shape index (κ3) is 2.54. The average molecular weight is 350 g/mol. The first-order valence-electron chi connectivity index (χ1n) is 8.60. The smallest absolute Gasteiger partial charge is 0.326 e. The Labute approximate surface area is 149 Å². The van der Waals surface area contributed by atoms with E-state index in [1.165, 1.54) is 4.90 Å². The molecule has 132 valence electrons. The highest BCUT2D eigenvalue weighted by Crippen LogP contribution is 2.22. The number of amides is 1. The largest absolute Gasteiger partial charge is 0.480 e. The number of fused-ring (bicyclic) bond motifs is 2. The average Bonchev–Trinajstić information content (AvgIpc) is 3.15. The Morgan fingerprint density at radius 1 is 1.00 bits per heavy atom. The summed E-state index contributed by atoms with van der Waals surface area (Å²) in [6, 6.07) is 13.6. The van der Waals surface area contributed by atoms with Crippen LogP contribution >= 0.6 is 0 Å². The molecule has 0 bridgehead atoms. The number of aromatic nitrogens is 1. The Morgan fingerprint density at radius 3 is 2.15 bits per heavy atom. The number of hydrogen-bond acceptors (Lipinski definition) is 3. The molecule has 4 rings (SSSR count). The van der Waals surface area contributed by atoms with Crippen molar-refractivity contribution in [1.29, 1.82) is 0 Å². The molecular formula is C20H18N2O4. The van der Waals surface area contributed by atoms with E-state index in [0.717, 1.165) is 0 Å². The van der Waals surface area contributed by atoms with E-state index < -0.39 is 12.0 Å². The van der Waals surface area contributed by atoms with Crippen LogP contribution in [0.2, 0.25) is 0 Å². The van der Waals surface area contributed by atoms with Gasteiger partial charge in [-0.05, 0) is 37.1 Å². The first-order chi connectivity index (χ1) is 12.6. The van der Waals surface area contributed by atoms with Crippen molar-refractivity contribution in [2.24, 2.45) is 0 Å². The molecule has 1 aliphatic heterocycles. The molecule has 6 nitrogen and oxygen atoms in total. The Hall–Kier alpha value is -3.15. The second-order valence-corrected chi connectivity index (χ2v) is 6.53. The predicted molar refractivity (Wildman–Crippen MR) is 98.1 cm³/mol. The number of aliphatic carboxylic acids is 1. The number of nitrogens with zero attached hydrogens (tertiary/aromatic N) is 2. The van der Waals surface area contributed by atoms with Gasteiger partial charge in [-0.25, -0.2) is 4.79 Å². The number of rotatable bonds is 3. The molecule has 1 aromatic heterocycles. The van der Waals surface area contributed by atoms with Crippen molar-refractivity contribution >= 4 is 33.7 Å². The van der Waals surface area contributed by atoms with Crippen LogP contribution in [0.1, 0.15) is 12.8 Å². The number of pyridine rings is 1. The normalized spacial score (nSPS) is 17.1. The van der Waals surface area contributed by atoms with Gasteiger partial charge in [0.1, 0.15) is 12.6 Å². The van der Waals surface area contributed by atoms with Crippen LogP contribution in [-0.2, 0) is 16.1 Å². The number of para-hydroxylation sites is 2. The van der Waals surface area contributed by atoms with Crippen LogP contribution in [0.3, 0.4) is 0 Å². The van der Waals surface area contributed by atoms with E-state index >= 15 is 0 Å². The molecule has 2 heterocycles. The summed E-state index contributed by atoms with van der Waals surface area (Å²) >= 11 is 0. The van der Waals surface area contributed by atoms with Crippen molar-refractivity contribution < 1.29 is 14.7 Å². The zero-order chi connectivity index (χ0) is 18.3. The Kier molecular flexibility index (Phi) is 3.95. The van der Waals surface area contributed by atoms with Gasteiger partial charge in [0.05, 0.1) is 11.0 Å². The Bertz CT molecular complexity index is 1030. The number of hydrogen-bond donors (Lipinski definition) is 1. The van der Waals surface area contributed by atoms with Crippen molar-refractivity contribution in [2.45, 2.75) is 25.4 Å². The molecule has 2 aromatic carbocycles. The second kappa shape index (κ2) is 6.29. The molecule has 6 heteroatoms. The van der Waals surface area contributed by atoms with Crippen molar-refractivity contribution in [1.82, 2.24) is 9.47 Å². The highest BCUT2D eigenvalue weighted by atomic mass is 16.4. The van der Waals surface area contributed by atoms with Crippen LogP contribution in [0.25, 0.3) is 21.8 Å². The standard InChI is InChI=1S/C20H18N2O4/c23-18(21-11-5-10-17(21)20(25)26)12-22-15-8-3-1-6-13(15)19(24)14-7-2-4-9-16(14)22/h1-4,6-9,17H,5,10-12H2,(H,25,26)/t17-/m1/s1. The molecule has 0 saturated carbocycles. The summed E-state index contributed by atoms with van der Waals surface area (Å²) < 4.78 is 1.81. The second-order valence-electron chi connectivity index (χ2n) is 6.53. The van der Waals surface area contributed by atoms with E-state index in [-0.39, 0.29) is 17.9 Å². The third-order valence-corrected chi connectivity index (χ3v) is 5.03. The molecule has 26 heavy (non-hydrogen) atoms. The lowest BCUT2D eigenvalue weighted by molar-refractivity contribution is -0.148. The minimum atomic E-state index is -0.967. The third-order valence-electron chi connectivity index (χ3n) is 5.03. The molecule has 0 spiro atoms. The van der Waals surface area contributed by atoms with Crippen LogP contribution in [0.4, 0.5) is 0 Å². The van der Waals surface area contributed by atoms with Gasteiger partial charge in [-0.15, -0.1) is 0 Å². The summed E-state index contributed by atoms with van der Waals surface area (Å²) in [6.45, 7) is 0.455. The van der Waals surface area contributed by atoms with E-state index in [1.807, 2.05) is 28.8 Å². The molecule has 0 unspecified atom stereocenters. The first-order valence-corrected chi connectivity index (χ1v) is 8.60. The molecular weight excluding hydrogens is 332 g/mol. The lowest BCUT2D eigenvalue weighted by Crippen LogP contribution is -2.42. The van der Waals surface area contributed by atoms with Crippen molar-refractivity contribution in [3.63, 3.8) is 0 Å². The van der Waals surface area contributed by atoms with Crippen molar-refractivity contribution in [3.8, 4) is 0 Å². The van der Waals surface area contributed by atoms with E-state index in [2.05, 4.69) is 0 Å². The number of carboxylic acid groups (broad SMARTS) is 1. The molecule has 1 aliphatic rings. The van der Waals surface area contributed by atoms with E-state index in [9.17, 15) is 19.5 Å². The first kappa shape index (κ1) is 16.3. The summed E-state index contributed by atoms with van der Waals surface area (Å²) in [4.78, 5) is 38.4. The maximum atomic E-state index is 12.9. The lowest BCUT2D eigenvalue weighted by atomic mass is 10.1. The quantitative estimate of drug-likeness (QED) is 0.735. The lowest BCUT2D eigenvalue weighted by Gasteiger charge is -2.23. The Balaban J connectivity index is 1.85. The number of carboxylic acids is 1. The van der Waals surface area contributed by atoms with Gasteiger partial charge in [0, 0.05) is 17.3 Å². The SMILES string of the molecule is O=C(O)[C@H]1CCCN1C(=O)Cn1c2ccccc2c(=O)c2ccccc21. The maximum absolute atomic E-state index is 12.9. The van der Waals surface area contributed by atoms with Gasteiger partial charge in [-0.1, -0.05) is 24.3 Å². The van der Waals surface area contributed by atoms with Gasteiger partial charge in [-0.2, -0.15) is 0 Å². The van der Waals surface area contributed by atoms with Crippen LogP contribution < -0.4 is 5.43 Å². The summed E-state index contributed by atoms with van der Waals surface area (Å²) in [5, 5.41) is 10.4. The van der Waals surface area contributed by atoms with Gasteiger partial charge in [0.15, 0.2) is 5.43 Å². The van der Waals surface area contributed by atoms with Crippen LogP contribution in [0.5, 0.6) is 0 Å². The fourth-order valence-electron chi connectivity index (χ4n) is 3.80. The molecule has 1 N–H and O–H groups in total. The van der Waals surface area contributed by atoms with E-state index in [1.54, 1.807) is 24.3 Å². The van der Waals surface area contributed by atoms with Gasteiger partial charge in [0.25, 0.3) is 0 Å². The fourth-order valence-corrected chi connectivity index (χ4v) is 3.80. The van der Waals surface area contributed by atoms with E-state index in [0.29, 0.717) is 41.2 Å². The molecule has 1 atom stereocenters. The molecule has 1 saturated heterocycles. The molecule has 0 aliphatic carbocycles. The van der Waals surface area contributed by atoms with Crippen LogP contribution in [0.15, 0.2) is 53.3 Å². The minimum Gasteiger partial charge on any atom is -0.480 e. The highest BCUT2D eigenvalue weighted by Gasteiger charge is 2.34. The fraction of sp³-hybridized carbons (Fsp3) is 0.250. The zero-order valence-electron chi connectivity index (χ0n) is 14.1. The molecule has 1 amide bonds. The highest BCUT2D eigenvalue weighted by molar-refractivity contribution is 5.95. The summed E-state index contributed by atoms with van der Waals surface area (Å²) in [5.74, 6) is -1.21. The number of carbonyl (C=O) groups is 2. The van der Waals surface area contributed by atoms with Gasteiger partial charge < -0.3 is 14.6 Å². The minimum absolute atomic E-state index is 0.00505. The summed E-state index contributed by atoms with van der Waals surface area (Å²) in [7, 11) is 0. The molecule has 0 radical (unpaired) electrons. The maximum Gasteiger partial charge on any atom is 0.326 e. The molecule has 3 aromatic rings. The number of carbonyl (C=O) groups excluding carboxylic acids is 1. The topological polar surface area (TPSA) is 79.6 Å². The van der Waals surface area contributed by atoms with Crippen LogP contribution in [-0.4, -0.2) is 39.0 Å². The van der Waals surface area contributed by atoms with Crippen LogP contribution in [0, 0.1) is 0 Å². The zero-order valence-corrected chi connectivity index (χ0v) is 14.1. The van der Waals surface area contributed by atoms with Gasteiger partial charge in [0.2, 0.25) is 5.91 Å². The number of likely N-dealkylation sites (tertiary alicyclic amines) is 1. The predicted octanol–water partition coefficient (Wildman–Crippen LogP) is 2.23. The van der Waals surface area contributed by atoms with E-state index in [4.69, 9.17) is 0 Å². The van der Waals surface area contributed by atoms with Gasteiger partial charge >= 0.3 is 5.97 Å². The van der Waals surface area contributed by atoms with Crippen molar-refractivity contribution in [3.05, 3.63) is 58.8 Å². The summed E-state index contributed by atoms with van der Waals surface area (Å²) in [5.41, 5.74) is 1.29. The monoisotopic (exact) mass is 350 g/mol.